The predicted molar refractivity (Wildman–Crippen MR) is 67.0 cm³/mol. The molecule has 0 spiro atoms. The van der Waals surface area contributed by atoms with Crippen molar-refractivity contribution in [3.63, 3.8) is 0 Å². The van der Waals surface area contributed by atoms with E-state index >= 15 is 0 Å². The smallest absolute Gasteiger partial charge is 0.237 e. The lowest BCUT2D eigenvalue weighted by atomic mass is 9.80. The number of carbonyl (C=O) groups excluding carboxylic acids is 1. The SMILES string of the molecule is CC(C)C1NCC(=O)N1CC(C)(C)C(C)C. The first-order valence-corrected chi connectivity index (χ1v) is 6.28. The van der Waals surface area contributed by atoms with Gasteiger partial charge in [0.25, 0.3) is 0 Å². The number of rotatable bonds is 4. The van der Waals surface area contributed by atoms with Crippen LogP contribution >= 0.6 is 0 Å². The fraction of sp³-hybridized carbons (Fsp3) is 0.923. The van der Waals surface area contributed by atoms with Crippen molar-refractivity contribution in [1.29, 1.82) is 0 Å². The number of hydrogen-bond donors (Lipinski definition) is 1. The molecule has 1 aliphatic rings. The maximum atomic E-state index is 11.9. The molecule has 1 fully saturated rings. The van der Waals surface area contributed by atoms with Crippen LogP contribution in [0.4, 0.5) is 0 Å². The van der Waals surface area contributed by atoms with Gasteiger partial charge in [0.05, 0.1) is 12.7 Å². The third-order valence-electron chi connectivity index (χ3n) is 3.89. The highest BCUT2D eigenvalue weighted by Gasteiger charge is 2.36. The zero-order chi connectivity index (χ0) is 12.5. The predicted octanol–water partition coefficient (Wildman–Crippen LogP) is 2.08. The summed E-state index contributed by atoms with van der Waals surface area (Å²) < 4.78 is 0. The summed E-state index contributed by atoms with van der Waals surface area (Å²) in [6.45, 7) is 14.6. The average molecular weight is 226 g/mol. The molecule has 1 amide bonds. The van der Waals surface area contributed by atoms with Crippen molar-refractivity contribution < 1.29 is 4.79 Å². The third-order valence-corrected chi connectivity index (χ3v) is 3.89. The monoisotopic (exact) mass is 226 g/mol. The molecule has 0 aromatic heterocycles. The number of nitrogens with one attached hydrogen (secondary N) is 1. The lowest BCUT2D eigenvalue weighted by Gasteiger charge is -2.37. The molecule has 0 radical (unpaired) electrons. The summed E-state index contributed by atoms with van der Waals surface area (Å²) in [6, 6.07) is 0. The van der Waals surface area contributed by atoms with Crippen LogP contribution in [0, 0.1) is 17.3 Å². The fourth-order valence-corrected chi connectivity index (χ4v) is 1.96. The van der Waals surface area contributed by atoms with Crippen LogP contribution in [0.5, 0.6) is 0 Å². The Morgan fingerprint density at radius 2 is 1.94 bits per heavy atom. The summed E-state index contributed by atoms with van der Waals surface area (Å²) in [5.74, 6) is 1.29. The highest BCUT2D eigenvalue weighted by molar-refractivity contribution is 5.80. The second kappa shape index (κ2) is 4.74. The van der Waals surface area contributed by atoms with Crippen LogP contribution in [0.2, 0.25) is 0 Å². The second-order valence-corrected chi connectivity index (χ2v) is 6.23. The summed E-state index contributed by atoms with van der Waals surface area (Å²) in [7, 11) is 0. The molecule has 16 heavy (non-hydrogen) atoms. The Morgan fingerprint density at radius 3 is 2.38 bits per heavy atom. The molecule has 0 bridgehead atoms. The zero-order valence-electron chi connectivity index (χ0n) is 11.5. The molecule has 1 saturated heterocycles. The minimum atomic E-state index is 0.175. The van der Waals surface area contributed by atoms with Gasteiger partial charge < -0.3 is 4.90 Å². The van der Waals surface area contributed by atoms with Crippen LogP contribution in [0.25, 0.3) is 0 Å². The number of nitrogens with zero attached hydrogens (tertiary/aromatic N) is 1. The summed E-state index contributed by atoms with van der Waals surface area (Å²) in [6.07, 6.45) is 0.213. The number of hydrogen-bond acceptors (Lipinski definition) is 2. The van der Waals surface area contributed by atoms with Crippen LogP contribution in [0.1, 0.15) is 41.5 Å². The van der Waals surface area contributed by atoms with Gasteiger partial charge in [-0.2, -0.15) is 0 Å². The summed E-state index contributed by atoms with van der Waals surface area (Å²) in [4.78, 5) is 13.9. The van der Waals surface area contributed by atoms with E-state index in [1.54, 1.807) is 0 Å². The van der Waals surface area contributed by atoms with E-state index < -0.39 is 0 Å². The normalized spacial score (nSPS) is 22.6. The summed E-state index contributed by atoms with van der Waals surface area (Å²) >= 11 is 0. The van der Waals surface area contributed by atoms with Crippen molar-refractivity contribution in [3.05, 3.63) is 0 Å². The van der Waals surface area contributed by atoms with E-state index in [4.69, 9.17) is 0 Å². The Hall–Kier alpha value is -0.570. The Kier molecular flexibility index (Phi) is 4.00. The van der Waals surface area contributed by atoms with E-state index in [1.807, 2.05) is 4.90 Å². The maximum Gasteiger partial charge on any atom is 0.237 e. The number of carbonyl (C=O) groups is 1. The average Bonchev–Trinajstić information content (AvgIpc) is 2.47. The van der Waals surface area contributed by atoms with Gasteiger partial charge in [0, 0.05) is 6.54 Å². The molecule has 0 aliphatic carbocycles. The molecule has 1 aliphatic heterocycles. The van der Waals surface area contributed by atoms with Gasteiger partial charge in [0.2, 0.25) is 5.91 Å². The fourth-order valence-electron chi connectivity index (χ4n) is 1.96. The quantitative estimate of drug-likeness (QED) is 0.796. The summed E-state index contributed by atoms with van der Waals surface area (Å²) in [5.41, 5.74) is 0.175. The standard InChI is InChI=1S/C13H26N2O/c1-9(2)12-14-7-11(16)15(12)8-13(5,6)10(3)4/h9-10,12,14H,7-8H2,1-6H3. The molecular formula is C13H26N2O. The van der Waals surface area contributed by atoms with Gasteiger partial charge >= 0.3 is 0 Å². The summed E-state index contributed by atoms with van der Waals surface area (Å²) in [5, 5.41) is 3.29. The molecule has 3 heteroatoms. The van der Waals surface area contributed by atoms with E-state index in [2.05, 4.69) is 46.9 Å². The third kappa shape index (κ3) is 2.76. The van der Waals surface area contributed by atoms with Crippen LogP contribution in [0.15, 0.2) is 0 Å². The maximum absolute atomic E-state index is 11.9. The Labute approximate surface area is 99.6 Å². The first kappa shape index (κ1) is 13.5. The molecule has 1 heterocycles. The first-order valence-electron chi connectivity index (χ1n) is 6.28. The van der Waals surface area contributed by atoms with Crippen LogP contribution in [-0.2, 0) is 4.79 Å². The molecule has 94 valence electrons. The molecule has 1 atom stereocenters. The van der Waals surface area contributed by atoms with Gasteiger partial charge in [-0.3, -0.25) is 10.1 Å². The topological polar surface area (TPSA) is 32.3 Å². The molecule has 0 saturated carbocycles. The van der Waals surface area contributed by atoms with E-state index in [0.717, 1.165) is 6.54 Å². The molecule has 0 aromatic rings. The van der Waals surface area contributed by atoms with Gasteiger partial charge in [-0.1, -0.05) is 41.5 Å². The van der Waals surface area contributed by atoms with E-state index in [1.165, 1.54) is 0 Å². The van der Waals surface area contributed by atoms with Gasteiger partial charge in [-0.25, -0.2) is 0 Å². The second-order valence-electron chi connectivity index (χ2n) is 6.23. The Balaban J connectivity index is 2.74. The van der Waals surface area contributed by atoms with Crippen molar-refractivity contribution in [2.45, 2.75) is 47.7 Å². The van der Waals surface area contributed by atoms with Gasteiger partial charge in [0.1, 0.15) is 0 Å². The molecule has 0 aromatic carbocycles. The Morgan fingerprint density at radius 1 is 1.38 bits per heavy atom. The zero-order valence-corrected chi connectivity index (χ0v) is 11.5. The van der Waals surface area contributed by atoms with Gasteiger partial charge in [0.15, 0.2) is 0 Å². The van der Waals surface area contributed by atoms with Crippen molar-refractivity contribution in [1.82, 2.24) is 10.2 Å². The molecular weight excluding hydrogens is 200 g/mol. The van der Waals surface area contributed by atoms with Crippen molar-refractivity contribution in [2.75, 3.05) is 13.1 Å². The molecule has 1 rings (SSSR count). The van der Waals surface area contributed by atoms with Crippen molar-refractivity contribution >= 4 is 5.91 Å². The van der Waals surface area contributed by atoms with Crippen molar-refractivity contribution in [3.8, 4) is 0 Å². The van der Waals surface area contributed by atoms with Crippen molar-refractivity contribution in [2.24, 2.45) is 17.3 Å². The molecule has 1 N–H and O–H groups in total. The van der Waals surface area contributed by atoms with E-state index in [0.29, 0.717) is 18.4 Å². The van der Waals surface area contributed by atoms with Gasteiger partial charge in [-0.15, -0.1) is 0 Å². The van der Waals surface area contributed by atoms with Gasteiger partial charge in [-0.05, 0) is 17.3 Å². The Bertz CT molecular complexity index is 259. The minimum absolute atomic E-state index is 0.175. The lowest BCUT2D eigenvalue weighted by Crippen LogP contribution is -2.46. The molecule has 3 nitrogen and oxygen atoms in total. The highest BCUT2D eigenvalue weighted by Crippen LogP contribution is 2.29. The van der Waals surface area contributed by atoms with Crippen LogP contribution < -0.4 is 5.32 Å². The van der Waals surface area contributed by atoms with E-state index in [-0.39, 0.29) is 17.5 Å². The largest absolute Gasteiger partial charge is 0.325 e. The first-order chi connectivity index (χ1) is 7.25. The molecule has 1 unspecified atom stereocenters. The highest BCUT2D eigenvalue weighted by atomic mass is 16.2. The number of amides is 1. The van der Waals surface area contributed by atoms with E-state index in [9.17, 15) is 4.79 Å². The van der Waals surface area contributed by atoms with Crippen LogP contribution in [0.3, 0.4) is 0 Å². The lowest BCUT2D eigenvalue weighted by molar-refractivity contribution is -0.130. The minimum Gasteiger partial charge on any atom is -0.325 e. The van der Waals surface area contributed by atoms with Crippen LogP contribution in [-0.4, -0.2) is 30.1 Å².